The molecule has 0 fully saturated rings. The van der Waals surface area contributed by atoms with Crippen LogP contribution in [0.3, 0.4) is 0 Å². The largest absolute Gasteiger partial charge is 0.492 e. The molecule has 0 spiro atoms. The number of rotatable bonds is 4. The van der Waals surface area contributed by atoms with Crippen LogP contribution in [0.1, 0.15) is 6.92 Å². The highest BCUT2D eigenvalue weighted by Crippen LogP contribution is 2.29. The van der Waals surface area contributed by atoms with Crippen molar-refractivity contribution in [3.8, 4) is 24.0 Å². The summed E-state index contributed by atoms with van der Waals surface area (Å²) in [6.07, 6.45) is 0. The Bertz CT molecular complexity index is 616. The number of ether oxygens (including phenoxy) is 1. The Kier molecular flexibility index (Phi) is 4.90. The Labute approximate surface area is 109 Å². The Morgan fingerprint density at radius 3 is 2.47 bits per heavy atom. The van der Waals surface area contributed by atoms with Crippen LogP contribution in [0.15, 0.2) is 29.5 Å². The Morgan fingerprint density at radius 2 is 1.95 bits per heavy atom. The average molecular weight is 256 g/mol. The van der Waals surface area contributed by atoms with Gasteiger partial charge in [-0.2, -0.15) is 15.8 Å². The van der Waals surface area contributed by atoms with Gasteiger partial charge in [-0.3, -0.25) is 0 Å². The predicted molar refractivity (Wildman–Crippen MR) is 65.1 cm³/mol. The summed E-state index contributed by atoms with van der Waals surface area (Å²) in [5.74, 6) is -0.445. The van der Waals surface area contributed by atoms with E-state index in [0.29, 0.717) is 6.61 Å². The molecule has 0 saturated heterocycles. The van der Waals surface area contributed by atoms with Gasteiger partial charge in [0, 0.05) is 0 Å². The minimum Gasteiger partial charge on any atom is -0.492 e. The molecule has 1 N–H and O–H groups in total. The van der Waals surface area contributed by atoms with Gasteiger partial charge in [-0.05, 0) is 19.1 Å². The summed E-state index contributed by atoms with van der Waals surface area (Å²) in [6.45, 7) is 2.04. The third kappa shape index (κ3) is 3.21. The molecule has 0 bridgehead atoms. The quantitative estimate of drug-likeness (QED) is 0.835. The lowest BCUT2D eigenvalue weighted by atomic mass is 10.2. The minimum absolute atomic E-state index is 0.0797. The standard InChI is InChI=1S/C13H9FN4O/c1-2-19-12-5-3-4-10(14)13(12)18-11(8-17)9(6-15)7-16/h3-5,18H,2H2,1H3. The molecular weight excluding hydrogens is 247 g/mol. The van der Waals surface area contributed by atoms with Crippen LogP contribution in [-0.4, -0.2) is 6.61 Å². The molecule has 0 heterocycles. The molecule has 0 saturated carbocycles. The van der Waals surface area contributed by atoms with Crippen molar-refractivity contribution in [3.63, 3.8) is 0 Å². The maximum Gasteiger partial charge on any atom is 0.163 e. The molecule has 0 radical (unpaired) electrons. The van der Waals surface area contributed by atoms with E-state index in [4.69, 9.17) is 20.5 Å². The molecule has 5 nitrogen and oxygen atoms in total. The van der Waals surface area contributed by atoms with Crippen LogP contribution in [0.2, 0.25) is 0 Å². The molecule has 1 rings (SSSR count). The van der Waals surface area contributed by atoms with Gasteiger partial charge in [0.05, 0.1) is 6.61 Å². The first-order valence-electron chi connectivity index (χ1n) is 5.30. The average Bonchev–Trinajstić information content (AvgIpc) is 2.42. The van der Waals surface area contributed by atoms with Crippen molar-refractivity contribution in [1.82, 2.24) is 0 Å². The summed E-state index contributed by atoms with van der Waals surface area (Å²) in [5, 5.41) is 28.7. The van der Waals surface area contributed by atoms with E-state index in [1.165, 1.54) is 18.2 Å². The van der Waals surface area contributed by atoms with Crippen LogP contribution in [0.25, 0.3) is 0 Å². The lowest BCUT2D eigenvalue weighted by molar-refractivity contribution is 0.340. The summed E-state index contributed by atoms with van der Waals surface area (Å²) in [5.41, 5.74) is -0.826. The van der Waals surface area contributed by atoms with E-state index in [-0.39, 0.29) is 17.1 Å². The summed E-state index contributed by atoms with van der Waals surface area (Å²) in [7, 11) is 0. The minimum atomic E-state index is -0.645. The SMILES string of the molecule is CCOc1cccc(F)c1NC(C#N)=C(C#N)C#N. The number of anilines is 1. The number of nitrogens with one attached hydrogen (secondary N) is 1. The first-order valence-corrected chi connectivity index (χ1v) is 5.30. The Morgan fingerprint density at radius 1 is 1.26 bits per heavy atom. The van der Waals surface area contributed by atoms with Crippen molar-refractivity contribution < 1.29 is 9.13 Å². The van der Waals surface area contributed by atoms with Crippen LogP contribution in [0, 0.1) is 39.8 Å². The Balaban J connectivity index is 3.27. The number of hydrogen-bond donors (Lipinski definition) is 1. The summed E-state index contributed by atoms with van der Waals surface area (Å²) >= 11 is 0. The fourth-order valence-corrected chi connectivity index (χ4v) is 1.31. The number of nitriles is 3. The molecule has 94 valence electrons. The monoisotopic (exact) mass is 256 g/mol. The molecule has 0 aliphatic carbocycles. The molecule has 0 aromatic heterocycles. The second-order valence-electron chi connectivity index (χ2n) is 3.26. The topological polar surface area (TPSA) is 92.6 Å². The van der Waals surface area contributed by atoms with Gasteiger partial charge in [-0.1, -0.05) is 6.07 Å². The molecule has 19 heavy (non-hydrogen) atoms. The van der Waals surface area contributed by atoms with Gasteiger partial charge in [-0.15, -0.1) is 0 Å². The number of hydrogen-bond acceptors (Lipinski definition) is 5. The maximum atomic E-state index is 13.7. The zero-order valence-corrected chi connectivity index (χ0v) is 10.1. The van der Waals surface area contributed by atoms with Crippen molar-refractivity contribution in [1.29, 1.82) is 15.8 Å². The van der Waals surface area contributed by atoms with Crippen LogP contribution in [0.4, 0.5) is 10.1 Å². The van der Waals surface area contributed by atoms with Crippen molar-refractivity contribution in [2.75, 3.05) is 11.9 Å². The first kappa shape index (κ1) is 14.0. The molecule has 0 atom stereocenters. The van der Waals surface area contributed by atoms with Gasteiger partial charge in [0.15, 0.2) is 5.57 Å². The van der Waals surface area contributed by atoms with Crippen molar-refractivity contribution >= 4 is 5.69 Å². The van der Waals surface area contributed by atoms with E-state index in [9.17, 15) is 4.39 Å². The van der Waals surface area contributed by atoms with E-state index >= 15 is 0 Å². The first-order chi connectivity index (χ1) is 9.17. The van der Waals surface area contributed by atoms with Gasteiger partial charge >= 0.3 is 0 Å². The second kappa shape index (κ2) is 6.64. The van der Waals surface area contributed by atoms with Crippen molar-refractivity contribution in [3.05, 3.63) is 35.3 Å². The highest BCUT2D eigenvalue weighted by Gasteiger charge is 2.13. The lowest BCUT2D eigenvalue weighted by Crippen LogP contribution is -2.05. The fourth-order valence-electron chi connectivity index (χ4n) is 1.31. The number of benzene rings is 1. The van der Waals surface area contributed by atoms with E-state index in [2.05, 4.69) is 5.32 Å². The zero-order valence-electron chi connectivity index (χ0n) is 10.1. The normalized spacial score (nSPS) is 8.58. The van der Waals surface area contributed by atoms with E-state index in [0.717, 1.165) is 0 Å². The van der Waals surface area contributed by atoms with Crippen LogP contribution in [0.5, 0.6) is 5.75 Å². The fraction of sp³-hybridized carbons (Fsp3) is 0.154. The summed E-state index contributed by atoms with van der Waals surface area (Å²) in [6, 6.07) is 8.93. The van der Waals surface area contributed by atoms with Crippen molar-refractivity contribution in [2.45, 2.75) is 6.92 Å². The molecule has 1 aromatic rings. The number of allylic oxidation sites excluding steroid dienone is 2. The molecule has 0 amide bonds. The summed E-state index contributed by atoms with van der Waals surface area (Å²) < 4.78 is 18.9. The van der Waals surface area contributed by atoms with Crippen molar-refractivity contribution in [2.24, 2.45) is 0 Å². The van der Waals surface area contributed by atoms with Gasteiger partial charge in [-0.25, -0.2) is 4.39 Å². The smallest absolute Gasteiger partial charge is 0.163 e. The van der Waals surface area contributed by atoms with Gasteiger partial charge in [0.2, 0.25) is 0 Å². The predicted octanol–water partition coefficient (Wildman–Crippen LogP) is 2.46. The molecule has 0 aliphatic heterocycles. The number of nitrogens with zero attached hydrogens (tertiary/aromatic N) is 3. The molecule has 0 aliphatic rings. The van der Waals surface area contributed by atoms with Gasteiger partial charge in [0.25, 0.3) is 0 Å². The lowest BCUT2D eigenvalue weighted by Gasteiger charge is -2.12. The highest BCUT2D eigenvalue weighted by molar-refractivity contribution is 5.65. The molecule has 6 heteroatoms. The van der Waals surface area contributed by atoms with Gasteiger partial charge < -0.3 is 10.1 Å². The summed E-state index contributed by atoms with van der Waals surface area (Å²) in [4.78, 5) is 0. The van der Waals surface area contributed by atoms with Crippen LogP contribution >= 0.6 is 0 Å². The van der Waals surface area contributed by atoms with E-state index in [1.54, 1.807) is 25.1 Å². The van der Waals surface area contributed by atoms with Gasteiger partial charge in [0.1, 0.15) is 41.2 Å². The number of para-hydroxylation sites is 1. The van der Waals surface area contributed by atoms with Crippen LogP contribution in [-0.2, 0) is 0 Å². The molecule has 0 unspecified atom stereocenters. The molecule has 1 aromatic carbocycles. The zero-order chi connectivity index (χ0) is 14.3. The highest BCUT2D eigenvalue weighted by atomic mass is 19.1. The van der Waals surface area contributed by atoms with Crippen LogP contribution < -0.4 is 10.1 Å². The van der Waals surface area contributed by atoms with E-state index < -0.39 is 11.4 Å². The maximum absolute atomic E-state index is 13.7. The third-order valence-electron chi connectivity index (χ3n) is 2.11. The van der Waals surface area contributed by atoms with E-state index in [1.807, 2.05) is 0 Å². The molecular formula is C13H9FN4O. The third-order valence-corrected chi connectivity index (χ3v) is 2.11. The second-order valence-corrected chi connectivity index (χ2v) is 3.26. The Hall–Kier alpha value is -3.04. The number of halogens is 1.